The normalized spacial score (nSPS) is 10.6. The number of nitrogens with one attached hydrogen (secondary N) is 1. The molecule has 1 amide bonds. The number of anilines is 1. The van der Waals surface area contributed by atoms with E-state index in [0.717, 1.165) is 11.1 Å². The van der Waals surface area contributed by atoms with Gasteiger partial charge in [0.05, 0.1) is 17.9 Å². The molecule has 9 heteroatoms. The molecular formula is C25H20ClN3O5. The van der Waals surface area contributed by atoms with E-state index in [1.807, 2.05) is 18.2 Å². The van der Waals surface area contributed by atoms with Crippen LogP contribution in [0.3, 0.4) is 0 Å². The summed E-state index contributed by atoms with van der Waals surface area (Å²) >= 11 is 6.13. The lowest BCUT2D eigenvalue weighted by atomic mass is 10.0. The third-order valence-electron chi connectivity index (χ3n) is 5.10. The van der Waals surface area contributed by atoms with Gasteiger partial charge in [0, 0.05) is 28.8 Å². The number of ether oxygens (including phenoxy) is 1. The Morgan fingerprint density at radius 1 is 1.09 bits per heavy atom. The highest BCUT2D eigenvalue weighted by Gasteiger charge is 2.18. The molecule has 4 rings (SSSR count). The highest BCUT2D eigenvalue weighted by molar-refractivity contribution is 6.31. The van der Waals surface area contributed by atoms with E-state index in [4.69, 9.17) is 20.9 Å². The van der Waals surface area contributed by atoms with Crippen LogP contribution in [0.15, 0.2) is 71.4 Å². The van der Waals surface area contributed by atoms with E-state index in [0.29, 0.717) is 39.8 Å². The number of carbonyl (C=O) groups is 2. The maximum Gasteiger partial charge on any atom is 0.411 e. The van der Waals surface area contributed by atoms with E-state index in [1.165, 1.54) is 18.3 Å². The maximum absolute atomic E-state index is 12.4. The minimum Gasteiger partial charge on any atom is -0.478 e. The van der Waals surface area contributed by atoms with Gasteiger partial charge < -0.3 is 14.4 Å². The smallest absolute Gasteiger partial charge is 0.411 e. The summed E-state index contributed by atoms with van der Waals surface area (Å²) in [6, 6.07) is 17.4. The van der Waals surface area contributed by atoms with Crippen LogP contribution in [0.2, 0.25) is 5.02 Å². The highest BCUT2D eigenvalue weighted by atomic mass is 35.5. The molecule has 34 heavy (non-hydrogen) atoms. The third kappa shape index (κ3) is 5.24. The zero-order valence-corrected chi connectivity index (χ0v) is 18.9. The summed E-state index contributed by atoms with van der Waals surface area (Å²) in [7, 11) is 0. The molecule has 0 aliphatic heterocycles. The number of hydrogen-bond donors (Lipinski definition) is 2. The van der Waals surface area contributed by atoms with Crippen molar-refractivity contribution in [2.75, 3.05) is 11.9 Å². The Labute approximate surface area is 200 Å². The quantitative estimate of drug-likeness (QED) is 0.343. The van der Waals surface area contributed by atoms with Gasteiger partial charge >= 0.3 is 12.1 Å². The Morgan fingerprint density at radius 2 is 1.82 bits per heavy atom. The van der Waals surface area contributed by atoms with Crippen molar-refractivity contribution in [3.8, 4) is 22.6 Å². The molecule has 2 aromatic heterocycles. The molecule has 0 saturated heterocycles. The van der Waals surface area contributed by atoms with Crippen molar-refractivity contribution in [1.29, 1.82) is 0 Å². The number of amides is 1. The van der Waals surface area contributed by atoms with Crippen molar-refractivity contribution < 1.29 is 24.0 Å². The van der Waals surface area contributed by atoms with E-state index in [-0.39, 0.29) is 12.2 Å². The van der Waals surface area contributed by atoms with Crippen molar-refractivity contribution in [2.45, 2.75) is 13.3 Å². The molecule has 8 nitrogen and oxygen atoms in total. The number of pyridine rings is 1. The number of hydrogen-bond acceptors (Lipinski definition) is 6. The van der Waals surface area contributed by atoms with Crippen LogP contribution in [-0.4, -0.2) is 33.9 Å². The summed E-state index contributed by atoms with van der Waals surface area (Å²) in [5, 5.41) is 16.5. The lowest BCUT2D eigenvalue weighted by Crippen LogP contribution is -2.16. The van der Waals surface area contributed by atoms with Crippen LogP contribution in [0.5, 0.6) is 0 Å². The Morgan fingerprint density at radius 3 is 2.56 bits per heavy atom. The predicted molar refractivity (Wildman–Crippen MR) is 127 cm³/mol. The van der Waals surface area contributed by atoms with Gasteiger partial charge in [-0.3, -0.25) is 10.3 Å². The van der Waals surface area contributed by atoms with Gasteiger partial charge in [0.2, 0.25) is 0 Å². The van der Waals surface area contributed by atoms with E-state index in [9.17, 15) is 14.7 Å². The second-order valence-corrected chi connectivity index (χ2v) is 7.79. The number of carboxylic acid groups (broad SMARTS) is 1. The second-order valence-electron chi connectivity index (χ2n) is 7.39. The van der Waals surface area contributed by atoms with Gasteiger partial charge in [0.25, 0.3) is 0 Å². The molecule has 2 N–H and O–H groups in total. The molecular weight excluding hydrogens is 458 g/mol. The Balaban J connectivity index is 1.45. The molecule has 0 aliphatic rings. The van der Waals surface area contributed by atoms with Crippen molar-refractivity contribution in [3.05, 3.63) is 88.7 Å². The van der Waals surface area contributed by atoms with E-state index in [1.54, 1.807) is 37.3 Å². The number of benzene rings is 2. The SMILES string of the molecule is Cc1noc(-c2ccc(-c3cc(C(=O)O)ccn3)cc2)c1NC(=O)OCCc1ccccc1Cl. The van der Waals surface area contributed by atoms with Crippen LogP contribution >= 0.6 is 11.6 Å². The van der Waals surface area contributed by atoms with E-state index < -0.39 is 12.1 Å². The summed E-state index contributed by atoms with van der Waals surface area (Å²) < 4.78 is 10.7. The van der Waals surface area contributed by atoms with Crippen molar-refractivity contribution >= 4 is 29.4 Å². The fraction of sp³-hybridized carbons (Fsp3) is 0.120. The number of carbonyl (C=O) groups excluding carboxylic acids is 1. The Hall–Kier alpha value is -4.17. The average Bonchev–Trinajstić information content (AvgIpc) is 3.20. The number of carboxylic acids is 1. The molecule has 0 fully saturated rings. The predicted octanol–water partition coefficient (Wildman–Crippen LogP) is 5.85. The molecule has 2 heterocycles. The van der Waals surface area contributed by atoms with Crippen LogP contribution in [0.1, 0.15) is 21.6 Å². The van der Waals surface area contributed by atoms with Crippen LogP contribution < -0.4 is 5.32 Å². The fourth-order valence-corrected chi connectivity index (χ4v) is 3.55. The van der Waals surface area contributed by atoms with Gasteiger partial charge in [-0.2, -0.15) is 0 Å². The molecule has 2 aromatic carbocycles. The lowest BCUT2D eigenvalue weighted by molar-refractivity contribution is 0.0696. The van der Waals surface area contributed by atoms with Gasteiger partial charge in [0.1, 0.15) is 11.4 Å². The second kappa shape index (κ2) is 10.2. The zero-order chi connectivity index (χ0) is 24.1. The molecule has 0 bridgehead atoms. The topological polar surface area (TPSA) is 115 Å². The summed E-state index contributed by atoms with van der Waals surface area (Å²) in [4.78, 5) is 27.8. The van der Waals surface area contributed by atoms with Gasteiger partial charge in [-0.1, -0.05) is 59.2 Å². The highest BCUT2D eigenvalue weighted by Crippen LogP contribution is 2.32. The van der Waals surface area contributed by atoms with Crippen LogP contribution in [0.25, 0.3) is 22.6 Å². The Bertz CT molecular complexity index is 1330. The largest absolute Gasteiger partial charge is 0.478 e. The van der Waals surface area contributed by atoms with E-state index >= 15 is 0 Å². The van der Waals surface area contributed by atoms with E-state index in [2.05, 4.69) is 15.5 Å². The van der Waals surface area contributed by atoms with Gasteiger partial charge in [-0.25, -0.2) is 9.59 Å². The first-order valence-corrected chi connectivity index (χ1v) is 10.7. The number of rotatable bonds is 7. The van der Waals surface area contributed by atoms with Crippen molar-refractivity contribution in [2.24, 2.45) is 0 Å². The summed E-state index contributed by atoms with van der Waals surface area (Å²) in [5.74, 6) is -0.647. The zero-order valence-electron chi connectivity index (χ0n) is 18.1. The minimum atomic E-state index is -1.02. The number of aromatic nitrogens is 2. The molecule has 0 saturated carbocycles. The third-order valence-corrected chi connectivity index (χ3v) is 5.47. The number of aromatic carboxylic acids is 1. The number of aryl methyl sites for hydroxylation is 1. The molecule has 0 unspecified atom stereocenters. The van der Waals surface area contributed by atoms with Gasteiger partial charge in [-0.15, -0.1) is 0 Å². The number of halogens is 1. The lowest BCUT2D eigenvalue weighted by Gasteiger charge is -2.09. The summed E-state index contributed by atoms with van der Waals surface area (Å²) in [6.45, 7) is 1.87. The molecule has 172 valence electrons. The first kappa shape index (κ1) is 23.0. The monoisotopic (exact) mass is 477 g/mol. The van der Waals surface area contributed by atoms with Gasteiger partial charge in [-0.05, 0) is 30.7 Å². The Kier molecular flexibility index (Phi) is 6.89. The molecule has 0 aliphatic carbocycles. The minimum absolute atomic E-state index is 0.152. The molecule has 0 spiro atoms. The first-order valence-electron chi connectivity index (χ1n) is 10.4. The standard InChI is InChI=1S/C25H20ClN3O5/c1-15-22(28-25(32)33-13-11-16-4-2-3-5-20(16)26)23(34-29-15)18-8-6-17(7-9-18)21-14-19(24(30)31)10-12-27-21/h2-10,12,14H,11,13H2,1H3,(H,28,32)(H,30,31). The van der Waals surface area contributed by atoms with Crippen molar-refractivity contribution in [3.63, 3.8) is 0 Å². The molecule has 0 atom stereocenters. The molecule has 4 aromatic rings. The van der Waals surface area contributed by atoms with Crippen LogP contribution in [-0.2, 0) is 11.2 Å². The van der Waals surface area contributed by atoms with Crippen LogP contribution in [0, 0.1) is 6.92 Å². The number of nitrogens with zero attached hydrogens (tertiary/aromatic N) is 2. The summed E-state index contributed by atoms with van der Waals surface area (Å²) in [6.07, 6.45) is 1.30. The first-order chi connectivity index (χ1) is 16.4. The summed E-state index contributed by atoms with van der Waals surface area (Å²) in [5.41, 5.74) is 3.88. The van der Waals surface area contributed by atoms with Crippen LogP contribution in [0.4, 0.5) is 10.5 Å². The maximum atomic E-state index is 12.4. The van der Waals surface area contributed by atoms with Gasteiger partial charge in [0.15, 0.2) is 5.76 Å². The fourth-order valence-electron chi connectivity index (χ4n) is 3.32. The molecule has 0 radical (unpaired) electrons. The van der Waals surface area contributed by atoms with Crippen molar-refractivity contribution in [1.82, 2.24) is 10.1 Å². The average molecular weight is 478 g/mol.